The van der Waals surface area contributed by atoms with Crippen LogP contribution in [-0.2, 0) is 27.7 Å². The molecular formula is C24H23ClN4O4S. The number of halogens is 1. The molecule has 0 spiro atoms. The minimum Gasteiger partial charge on any atom is -0.348 e. The highest BCUT2D eigenvalue weighted by molar-refractivity contribution is 7.91. The second-order valence-corrected chi connectivity index (χ2v) is 10.6. The Morgan fingerprint density at radius 1 is 1.15 bits per heavy atom. The van der Waals surface area contributed by atoms with Crippen molar-refractivity contribution in [3.8, 4) is 0 Å². The maximum absolute atomic E-state index is 13.1. The Bertz CT molecular complexity index is 1340. The number of rotatable bonds is 5. The predicted molar refractivity (Wildman–Crippen MR) is 129 cm³/mol. The molecule has 0 aliphatic carbocycles. The quantitative estimate of drug-likeness (QED) is 0.557. The van der Waals surface area contributed by atoms with Gasteiger partial charge in [0, 0.05) is 29.0 Å². The van der Waals surface area contributed by atoms with Crippen molar-refractivity contribution in [2.24, 2.45) is 5.73 Å². The second kappa shape index (κ2) is 9.54. The molecule has 1 aliphatic rings. The van der Waals surface area contributed by atoms with E-state index in [1.54, 1.807) is 30.5 Å². The number of nitrogens with zero attached hydrogens (tertiary/aromatic N) is 2. The molecule has 4 rings (SSSR count). The number of sulfone groups is 1. The zero-order chi connectivity index (χ0) is 24.5. The first-order valence-electron chi connectivity index (χ1n) is 10.5. The molecule has 0 radical (unpaired) electrons. The molecular weight excluding hydrogens is 476 g/mol. The summed E-state index contributed by atoms with van der Waals surface area (Å²) in [6.07, 6.45) is 1.67. The maximum Gasteiger partial charge on any atom is 0.251 e. The number of hydrogen-bond donors (Lipinski definition) is 2. The van der Waals surface area contributed by atoms with Gasteiger partial charge in [-0.1, -0.05) is 29.8 Å². The Hall–Kier alpha value is -3.27. The zero-order valence-corrected chi connectivity index (χ0v) is 19.9. The SMILES string of the molecule is Cc1ccc(CNC(=O)c2ccc3c(c2)N(Cc2ccc(Cl)cc2)C(=O)[C@@H](N)CS3(=O)=O)cn1. The van der Waals surface area contributed by atoms with Crippen molar-refractivity contribution in [1.82, 2.24) is 10.3 Å². The summed E-state index contributed by atoms with van der Waals surface area (Å²) in [4.78, 5) is 31.4. The maximum atomic E-state index is 13.1. The van der Waals surface area contributed by atoms with E-state index in [2.05, 4.69) is 10.3 Å². The van der Waals surface area contributed by atoms with Gasteiger partial charge >= 0.3 is 0 Å². The first-order valence-corrected chi connectivity index (χ1v) is 12.5. The average Bonchev–Trinajstić information content (AvgIpc) is 2.88. The van der Waals surface area contributed by atoms with Gasteiger partial charge in [0.25, 0.3) is 5.91 Å². The van der Waals surface area contributed by atoms with E-state index >= 15 is 0 Å². The third-order valence-electron chi connectivity index (χ3n) is 5.51. The van der Waals surface area contributed by atoms with Crippen LogP contribution in [0, 0.1) is 6.92 Å². The van der Waals surface area contributed by atoms with Gasteiger partial charge in [-0.05, 0) is 54.4 Å². The number of fused-ring (bicyclic) bond motifs is 1. The summed E-state index contributed by atoms with van der Waals surface area (Å²) in [5, 5.41) is 3.33. The molecule has 1 aliphatic heterocycles. The summed E-state index contributed by atoms with van der Waals surface area (Å²) in [6.45, 7) is 2.20. The van der Waals surface area contributed by atoms with E-state index in [0.717, 1.165) is 16.8 Å². The fourth-order valence-electron chi connectivity index (χ4n) is 3.67. The number of amides is 2. The number of carbonyl (C=O) groups excluding carboxylic acids is 2. The first-order chi connectivity index (χ1) is 16.1. The first kappa shape index (κ1) is 23.9. The Labute approximate surface area is 202 Å². The van der Waals surface area contributed by atoms with E-state index in [1.165, 1.54) is 23.1 Å². The molecule has 0 saturated heterocycles. The summed E-state index contributed by atoms with van der Waals surface area (Å²) in [5.41, 5.74) is 8.71. The number of nitrogens with one attached hydrogen (secondary N) is 1. The van der Waals surface area contributed by atoms with E-state index in [0.29, 0.717) is 5.02 Å². The molecule has 8 nitrogen and oxygen atoms in total. The predicted octanol–water partition coefficient (Wildman–Crippen LogP) is 2.62. The summed E-state index contributed by atoms with van der Waals surface area (Å²) in [5.74, 6) is -1.46. The van der Waals surface area contributed by atoms with Crippen LogP contribution in [0.2, 0.25) is 5.02 Å². The largest absolute Gasteiger partial charge is 0.348 e. The Morgan fingerprint density at radius 3 is 2.53 bits per heavy atom. The Balaban J connectivity index is 1.68. The molecule has 0 fully saturated rings. The molecule has 2 amide bonds. The lowest BCUT2D eigenvalue weighted by Gasteiger charge is -2.24. The second-order valence-electron chi connectivity index (χ2n) is 8.11. The number of anilines is 1. The van der Waals surface area contributed by atoms with Crippen molar-refractivity contribution in [3.63, 3.8) is 0 Å². The number of benzene rings is 2. The molecule has 34 heavy (non-hydrogen) atoms. The number of carbonyl (C=O) groups is 2. The molecule has 0 unspecified atom stereocenters. The fourth-order valence-corrected chi connectivity index (χ4v) is 5.36. The monoisotopic (exact) mass is 498 g/mol. The van der Waals surface area contributed by atoms with E-state index < -0.39 is 33.4 Å². The molecule has 2 aromatic carbocycles. The minimum absolute atomic E-state index is 0.0398. The standard InChI is InChI=1S/C24H23ClN4O4S/c1-15-2-3-17(11-27-15)12-28-23(30)18-6-9-22-21(10-18)29(13-16-4-7-19(25)8-5-16)24(31)20(26)14-34(22,32)33/h2-11,20H,12-14,26H2,1H3,(H,28,30)/t20-/m0/s1. The van der Waals surface area contributed by atoms with Gasteiger partial charge in [0.1, 0.15) is 0 Å². The van der Waals surface area contributed by atoms with Crippen molar-refractivity contribution in [3.05, 3.63) is 88.2 Å². The minimum atomic E-state index is -3.84. The van der Waals surface area contributed by atoms with Gasteiger partial charge < -0.3 is 16.0 Å². The number of pyridine rings is 1. The van der Waals surface area contributed by atoms with Gasteiger partial charge in [-0.2, -0.15) is 0 Å². The van der Waals surface area contributed by atoms with Gasteiger partial charge in [-0.15, -0.1) is 0 Å². The van der Waals surface area contributed by atoms with Crippen molar-refractivity contribution >= 4 is 38.9 Å². The number of aryl methyl sites for hydroxylation is 1. The average molecular weight is 499 g/mol. The highest BCUT2D eigenvalue weighted by Crippen LogP contribution is 2.32. The summed E-state index contributed by atoms with van der Waals surface area (Å²) >= 11 is 5.96. The third-order valence-corrected chi connectivity index (χ3v) is 7.57. The van der Waals surface area contributed by atoms with Gasteiger partial charge in [-0.25, -0.2) is 8.42 Å². The van der Waals surface area contributed by atoms with Crippen LogP contribution in [-0.4, -0.2) is 37.0 Å². The molecule has 0 bridgehead atoms. The molecule has 2 heterocycles. The molecule has 1 atom stereocenters. The van der Waals surface area contributed by atoms with Crippen LogP contribution in [0.1, 0.15) is 27.2 Å². The van der Waals surface area contributed by atoms with Crippen LogP contribution in [0.25, 0.3) is 0 Å². The van der Waals surface area contributed by atoms with Crippen molar-refractivity contribution < 1.29 is 18.0 Å². The lowest BCUT2D eigenvalue weighted by atomic mass is 10.1. The molecule has 0 saturated carbocycles. The van der Waals surface area contributed by atoms with Crippen LogP contribution in [0.3, 0.4) is 0 Å². The molecule has 3 N–H and O–H groups in total. The molecule has 176 valence electrons. The van der Waals surface area contributed by atoms with E-state index in [4.69, 9.17) is 17.3 Å². The van der Waals surface area contributed by atoms with E-state index in [9.17, 15) is 18.0 Å². The highest BCUT2D eigenvalue weighted by atomic mass is 35.5. The van der Waals surface area contributed by atoms with Gasteiger partial charge in [0.05, 0.1) is 28.9 Å². The van der Waals surface area contributed by atoms with E-state index in [-0.39, 0.29) is 29.2 Å². The van der Waals surface area contributed by atoms with Gasteiger partial charge in [-0.3, -0.25) is 14.6 Å². The molecule has 3 aromatic rings. The van der Waals surface area contributed by atoms with Crippen LogP contribution in [0.5, 0.6) is 0 Å². The fraction of sp³-hybridized carbons (Fsp3) is 0.208. The Kier molecular flexibility index (Phi) is 6.70. The van der Waals surface area contributed by atoms with Crippen molar-refractivity contribution in [2.75, 3.05) is 10.7 Å². The molecule has 10 heteroatoms. The summed E-state index contributed by atoms with van der Waals surface area (Å²) in [7, 11) is -3.84. The smallest absolute Gasteiger partial charge is 0.251 e. The van der Waals surface area contributed by atoms with Crippen LogP contribution in [0.15, 0.2) is 65.7 Å². The summed E-state index contributed by atoms with van der Waals surface area (Å²) in [6, 6.07) is 13.5. The topological polar surface area (TPSA) is 122 Å². The third kappa shape index (κ3) is 5.11. The lowest BCUT2D eigenvalue weighted by molar-refractivity contribution is -0.119. The number of nitrogens with two attached hydrogens (primary N) is 1. The van der Waals surface area contributed by atoms with Crippen LogP contribution >= 0.6 is 11.6 Å². The summed E-state index contributed by atoms with van der Waals surface area (Å²) < 4.78 is 25.9. The van der Waals surface area contributed by atoms with Gasteiger partial charge in [0.15, 0.2) is 9.84 Å². The molecule has 1 aromatic heterocycles. The number of hydrogen-bond acceptors (Lipinski definition) is 6. The van der Waals surface area contributed by atoms with Crippen LogP contribution < -0.4 is 16.0 Å². The van der Waals surface area contributed by atoms with E-state index in [1.807, 2.05) is 19.1 Å². The highest BCUT2D eigenvalue weighted by Gasteiger charge is 2.36. The normalized spacial score (nSPS) is 17.1. The lowest BCUT2D eigenvalue weighted by Crippen LogP contribution is -2.45. The number of aromatic nitrogens is 1. The van der Waals surface area contributed by atoms with Crippen molar-refractivity contribution in [2.45, 2.75) is 31.0 Å². The van der Waals surface area contributed by atoms with Crippen molar-refractivity contribution in [1.29, 1.82) is 0 Å². The Morgan fingerprint density at radius 2 is 1.85 bits per heavy atom. The zero-order valence-electron chi connectivity index (χ0n) is 18.4. The van der Waals surface area contributed by atoms with Crippen LogP contribution in [0.4, 0.5) is 5.69 Å². The van der Waals surface area contributed by atoms with Gasteiger partial charge in [0.2, 0.25) is 5.91 Å².